The maximum atomic E-state index is 11.7. The van der Waals surface area contributed by atoms with Gasteiger partial charge in [-0.15, -0.1) is 0 Å². The molecule has 0 heterocycles. The third-order valence-electron chi connectivity index (χ3n) is 2.26. The molecule has 1 aromatic rings. The fourth-order valence-corrected chi connectivity index (χ4v) is 1.35. The van der Waals surface area contributed by atoms with Gasteiger partial charge in [0.1, 0.15) is 0 Å². The summed E-state index contributed by atoms with van der Waals surface area (Å²) in [6.07, 6.45) is 0. The number of phenolic OH excluding ortho intramolecular Hbond substituents is 3. The summed E-state index contributed by atoms with van der Waals surface area (Å²) in [5.74, 6) is -5.27. The van der Waals surface area contributed by atoms with Crippen LogP contribution in [-0.4, -0.2) is 32.2 Å². The van der Waals surface area contributed by atoms with Gasteiger partial charge in [-0.1, -0.05) is 13.8 Å². The molecule has 0 fully saturated rings. The molecule has 0 amide bonds. The van der Waals surface area contributed by atoms with E-state index in [1.165, 1.54) is 13.8 Å². The van der Waals surface area contributed by atoms with Crippen LogP contribution < -0.4 is 0 Å². The molecule has 0 aliphatic carbocycles. The Morgan fingerprint density at radius 2 is 1.65 bits per heavy atom. The molecular weight excluding hydrogens is 228 g/mol. The molecule has 0 unspecified atom stereocenters. The molecule has 4 N–H and O–H groups in total. The topological polar surface area (TPSA) is 115 Å². The molecule has 1 aromatic carbocycles. The van der Waals surface area contributed by atoms with Gasteiger partial charge in [-0.2, -0.15) is 0 Å². The zero-order valence-corrected chi connectivity index (χ0v) is 9.26. The maximum Gasteiger partial charge on any atom is 0.336 e. The highest BCUT2D eigenvalue weighted by Gasteiger charge is 2.27. The first-order chi connectivity index (χ1) is 7.77. The van der Waals surface area contributed by atoms with Gasteiger partial charge in [-0.3, -0.25) is 4.79 Å². The van der Waals surface area contributed by atoms with Crippen molar-refractivity contribution >= 4 is 11.8 Å². The van der Waals surface area contributed by atoms with Crippen LogP contribution in [0.2, 0.25) is 0 Å². The van der Waals surface area contributed by atoms with Crippen LogP contribution in [0.4, 0.5) is 0 Å². The van der Waals surface area contributed by atoms with Crippen LogP contribution >= 0.6 is 0 Å². The molecule has 0 bridgehead atoms. The predicted molar refractivity (Wildman–Crippen MR) is 57.6 cm³/mol. The van der Waals surface area contributed by atoms with Crippen molar-refractivity contribution in [2.45, 2.75) is 13.8 Å². The van der Waals surface area contributed by atoms with Crippen molar-refractivity contribution in [3.63, 3.8) is 0 Å². The zero-order valence-electron chi connectivity index (χ0n) is 9.26. The van der Waals surface area contributed by atoms with Gasteiger partial charge in [0.25, 0.3) is 0 Å². The smallest absolute Gasteiger partial charge is 0.336 e. The van der Waals surface area contributed by atoms with Crippen LogP contribution in [0.25, 0.3) is 0 Å². The summed E-state index contributed by atoms with van der Waals surface area (Å²) < 4.78 is 0. The summed E-state index contributed by atoms with van der Waals surface area (Å²) in [6.45, 7) is 3.05. The number of ketones is 1. The van der Waals surface area contributed by atoms with Crippen molar-refractivity contribution in [2.24, 2.45) is 5.92 Å². The summed E-state index contributed by atoms with van der Waals surface area (Å²) in [4.78, 5) is 22.6. The van der Waals surface area contributed by atoms with Crippen LogP contribution in [0.15, 0.2) is 6.07 Å². The number of aromatic carboxylic acids is 1. The Morgan fingerprint density at radius 1 is 1.12 bits per heavy atom. The van der Waals surface area contributed by atoms with E-state index in [4.69, 9.17) is 5.11 Å². The second-order valence-corrected chi connectivity index (χ2v) is 3.84. The molecule has 0 spiro atoms. The number of rotatable bonds is 3. The molecule has 0 saturated carbocycles. The van der Waals surface area contributed by atoms with Crippen molar-refractivity contribution in [2.75, 3.05) is 0 Å². The lowest BCUT2D eigenvalue weighted by molar-refractivity contribution is 0.0689. The monoisotopic (exact) mass is 240 g/mol. The second kappa shape index (κ2) is 4.32. The number of Topliss-reactive ketones (excluding diaryl/α,β-unsaturated/α-hetero) is 1. The van der Waals surface area contributed by atoms with Crippen LogP contribution in [0.1, 0.15) is 34.6 Å². The molecule has 17 heavy (non-hydrogen) atoms. The molecule has 6 heteroatoms. The van der Waals surface area contributed by atoms with Gasteiger partial charge in [0.2, 0.25) is 5.75 Å². The van der Waals surface area contributed by atoms with E-state index in [1.807, 2.05) is 0 Å². The maximum absolute atomic E-state index is 11.7. The van der Waals surface area contributed by atoms with Crippen molar-refractivity contribution in [3.05, 3.63) is 17.2 Å². The Balaban J connectivity index is 3.61. The van der Waals surface area contributed by atoms with Crippen molar-refractivity contribution < 1.29 is 30.0 Å². The van der Waals surface area contributed by atoms with E-state index < -0.39 is 46.0 Å². The Kier molecular flexibility index (Phi) is 3.26. The van der Waals surface area contributed by atoms with E-state index >= 15 is 0 Å². The van der Waals surface area contributed by atoms with Gasteiger partial charge >= 0.3 is 5.97 Å². The number of phenols is 3. The van der Waals surface area contributed by atoms with Crippen LogP contribution in [-0.2, 0) is 0 Å². The highest BCUT2D eigenvalue weighted by Crippen LogP contribution is 2.40. The van der Waals surface area contributed by atoms with E-state index in [1.54, 1.807) is 0 Å². The number of carboxylic acid groups (broad SMARTS) is 1. The molecule has 0 saturated heterocycles. The molecule has 0 aromatic heterocycles. The summed E-state index contributed by atoms with van der Waals surface area (Å²) in [6, 6.07) is 0.729. The summed E-state index contributed by atoms with van der Waals surface area (Å²) >= 11 is 0. The second-order valence-electron chi connectivity index (χ2n) is 3.84. The zero-order chi connectivity index (χ0) is 13.3. The minimum Gasteiger partial charge on any atom is -0.504 e. The largest absolute Gasteiger partial charge is 0.504 e. The van der Waals surface area contributed by atoms with E-state index in [-0.39, 0.29) is 0 Å². The summed E-state index contributed by atoms with van der Waals surface area (Å²) in [5, 5.41) is 36.9. The first-order valence-electron chi connectivity index (χ1n) is 4.82. The van der Waals surface area contributed by atoms with Gasteiger partial charge in [-0.05, 0) is 6.07 Å². The molecule has 0 aliphatic rings. The molecule has 0 radical (unpaired) electrons. The van der Waals surface area contributed by atoms with Gasteiger partial charge < -0.3 is 20.4 Å². The number of aromatic hydroxyl groups is 3. The fraction of sp³-hybridized carbons (Fsp3) is 0.273. The number of hydrogen-bond donors (Lipinski definition) is 4. The average Bonchev–Trinajstić information content (AvgIpc) is 2.24. The molecule has 6 nitrogen and oxygen atoms in total. The van der Waals surface area contributed by atoms with E-state index in [9.17, 15) is 24.9 Å². The quantitative estimate of drug-likeness (QED) is 0.468. The van der Waals surface area contributed by atoms with Gasteiger partial charge in [0.05, 0.1) is 11.1 Å². The van der Waals surface area contributed by atoms with Gasteiger partial charge in [0, 0.05) is 5.92 Å². The SMILES string of the molecule is CC(C)C(=O)c1c(C(=O)O)cc(O)c(O)c1O. The van der Waals surface area contributed by atoms with Crippen molar-refractivity contribution in [1.82, 2.24) is 0 Å². The normalized spacial score (nSPS) is 10.5. The average molecular weight is 240 g/mol. The van der Waals surface area contributed by atoms with E-state index in [2.05, 4.69) is 0 Å². The third-order valence-corrected chi connectivity index (χ3v) is 2.26. The standard InChI is InChI=1S/C11H12O6/c1-4(2)8(13)7-5(11(16)17)3-6(12)9(14)10(7)15/h3-4,12,14-15H,1-2H3,(H,16,17). The van der Waals surface area contributed by atoms with Crippen LogP contribution in [0.3, 0.4) is 0 Å². The Morgan fingerprint density at radius 3 is 2.06 bits per heavy atom. The number of carbonyl (C=O) groups is 2. The van der Waals surface area contributed by atoms with Crippen LogP contribution in [0.5, 0.6) is 17.2 Å². The molecule has 0 atom stereocenters. The molecule has 92 valence electrons. The lowest BCUT2D eigenvalue weighted by Crippen LogP contribution is -2.13. The van der Waals surface area contributed by atoms with E-state index in [0.717, 1.165) is 6.07 Å². The third kappa shape index (κ3) is 2.15. The number of benzene rings is 1. The highest BCUT2D eigenvalue weighted by atomic mass is 16.4. The first-order valence-corrected chi connectivity index (χ1v) is 4.82. The minimum atomic E-state index is -1.47. The van der Waals surface area contributed by atoms with Crippen molar-refractivity contribution in [1.29, 1.82) is 0 Å². The Bertz CT molecular complexity index is 489. The number of hydrogen-bond acceptors (Lipinski definition) is 5. The van der Waals surface area contributed by atoms with Gasteiger partial charge in [-0.25, -0.2) is 4.79 Å². The van der Waals surface area contributed by atoms with Crippen LogP contribution in [0, 0.1) is 5.92 Å². The first kappa shape index (κ1) is 12.8. The minimum absolute atomic E-state index is 0.497. The lowest BCUT2D eigenvalue weighted by atomic mass is 9.94. The Hall–Kier alpha value is -2.24. The summed E-state index contributed by atoms with van der Waals surface area (Å²) in [5.41, 5.74) is -1.04. The number of carboxylic acids is 1. The fourth-order valence-electron chi connectivity index (χ4n) is 1.35. The summed E-state index contributed by atoms with van der Waals surface area (Å²) in [7, 11) is 0. The number of carbonyl (C=O) groups excluding carboxylic acids is 1. The lowest BCUT2D eigenvalue weighted by Gasteiger charge is -2.12. The van der Waals surface area contributed by atoms with E-state index in [0.29, 0.717) is 0 Å². The predicted octanol–water partition coefficient (Wildman–Crippen LogP) is 1.34. The van der Waals surface area contributed by atoms with Crippen molar-refractivity contribution in [3.8, 4) is 17.2 Å². The Labute approximate surface area is 96.8 Å². The molecule has 1 rings (SSSR count). The molecule has 0 aliphatic heterocycles. The molecular formula is C11H12O6. The van der Waals surface area contributed by atoms with Gasteiger partial charge in [0.15, 0.2) is 17.3 Å². The highest BCUT2D eigenvalue weighted by molar-refractivity contribution is 6.09.